The molecule has 0 saturated heterocycles. The summed E-state index contributed by atoms with van der Waals surface area (Å²) in [7, 11) is 0. The summed E-state index contributed by atoms with van der Waals surface area (Å²) in [5.74, 6) is -0.00352. The van der Waals surface area contributed by atoms with Crippen LogP contribution in [0.1, 0.15) is 36.5 Å². The van der Waals surface area contributed by atoms with E-state index in [4.69, 9.17) is 0 Å². The van der Waals surface area contributed by atoms with Crippen LogP contribution in [0, 0.1) is 10.1 Å². The number of hydrogen-bond acceptors (Lipinski definition) is 4. The molecule has 0 saturated carbocycles. The third kappa shape index (κ3) is 2.63. The Labute approximate surface area is 85.7 Å². The van der Waals surface area contributed by atoms with Gasteiger partial charge in [-0.15, -0.1) is 0 Å². The molecule has 1 aromatic heterocycles. The van der Waals surface area contributed by atoms with Crippen molar-refractivity contribution in [1.82, 2.24) is 0 Å². The third-order valence-electron chi connectivity index (χ3n) is 1.84. The van der Waals surface area contributed by atoms with Gasteiger partial charge in [-0.25, -0.2) is 0 Å². The minimum absolute atomic E-state index is 0.00352. The number of Topliss-reactive ketones (excluding diaryl/α,β-unsaturated/α-hetero) is 1. The molecule has 0 aliphatic heterocycles. The highest BCUT2D eigenvalue weighted by molar-refractivity contribution is 7.13. The minimum Gasteiger partial charge on any atom is -0.294 e. The summed E-state index contributed by atoms with van der Waals surface area (Å²) in [5.41, 5.74) is 0.468. The average molecular weight is 213 g/mol. The second kappa shape index (κ2) is 4.85. The van der Waals surface area contributed by atoms with E-state index in [-0.39, 0.29) is 10.8 Å². The molecular weight excluding hydrogens is 202 g/mol. The van der Waals surface area contributed by atoms with Crippen molar-refractivity contribution in [2.45, 2.75) is 26.2 Å². The summed E-state index contributed by atoms with van der Waals surface area (Å²) in [5, 5.41) is 11.9. The molecule has 0 bridgehead atoms. The maximum atomic E-state index is 11.4. The lowest BCUT2D eigenvalue weighted by Crippen LogP contribution is -1.96. The Morgan fingerprint density at radius 3 is 2.86 bits per heavy atom. The molecule has 0 N–H and O–H groups in total. The maximum absolute atomic E-state index is 11.4. The van der Waals surface area contributed by atoms with E-state index < -0.39 is 4.92 Å². The molecule has 14 heavy (non-hydrogen) atoms. The fraction of sp³-hybridized carbons (Fsp3) is 0.444. The smallest absolute Gasteiger partial charge is 0.294 e. The van der Waals surface area contributed by atoms with Gasteiger partial charge in [0.25, 0.3) is 0 Å². The van der Waals surface area contributed by atoms with Gasteiger partial charge in [-0.2, -0.15) is 0 Å². The molecule has 1 aromatic rings. The number of carbonyl (C=O) groups excluding carboxylic acids is 1. The number of nitro groups is 1. The molecule has 5 heteroatoms. The molecule has 1 rings (SSSR count). The van der Waals surface area contributed by atoms with Gasteiger partial charge in [-0.05, 0) is 6.42 Å². The van der Waals surface area contributed by atoms with Crippen LogP contribution in [0.25, 0.3) is 0 Å². The maximum Gasteiger partial charge on any atom is 0.324 e. The van der Waals surface area contributed by atoms with Gasteiger partial charge < -0.3 is 0 Å². The summed E-state index contributed by atoms with van der Waals surface area (Å²) in [6, 6.07) is 1.35. The van der Waals surface area contributed by atoms with Crippen LogP contribution in [0.5, 0.6) is 0 Å². The van der Waals surface area contributed by atoms with E-state index in [1.165, 1.54) is 6.07 Å². The van der Waals surface area contributed by atoms with Gasteiger partial charge >= 0.3 is 5.00 Å². The van der Waals surface area contributed by atoms with Gasteiger partial charge in [0.05, 0.1) is 4.92 Å². The van der Waals surface area contributed by atoms with Gasteiger partial charge in [0.2, 0.25) is 0 Å². The van der Waals surface area contributed by atoms with E-state index in [1.807, 2.05) is 6.92 Å². The van der Waals surface area contributed by atoms with Gasteiger partial charge in [-0.3, -0.25) is 14.9 Å². The summed E-state index contributed by atoms with van der Waals surface area (Å²) in [6.07, 6.45) is 2.27. The van der Waals surface area contributed by atoms with Crippen molar-refractivity contribution in [2.75, 3.05) is 0 Å². The van der Waals surface area contributed by atoms with E-state index in [2.05, 4.69) is 0 Å². The largest absolute Gasteiger partial charge is 0.324 e. The molecule has 0 amide bonds. The summed E-state index contributed by atoms with van der Waals surface area (Å²) in [4.78, 5) is 21.3. The molecule has 0 aliphatic rings. The first-order valence-corrected chi connectivity index (χ1v) is 5.29. The minimum atomic E-state index is -0.471. The predicted molar refractivity (Wildman–Crippen MR) is 54.8 cm³/mol. The average Bonchev–Trinajstić information content (AvgIpc) is 2.62. The van der Waals surface area contributed by atoms with Crippen molar-refractivity contribution < 1.29 is 9.72 Å². The van der Waals surface area contributed by atoms with Gasteiger partial charge in [0, 0.05) is 23.4 Å². The molecule has 0 fully saturated rings. The Morgan fingerprint density at radius 2 is 2.36 bits per heavy atom. The van der Waals surface area contributed by atoms with Crippen LogP contribution in [0.4, 0.5) is 5.00 Å². The van der Waals surface area contributed by atoms with Gasteiger partial charge in [0.1, 0.15) is 0 Å². The van der Waals surface area contributed by atoms with Crippen molar-refractivity contribution in [2.24, 2.45) is 0 Å². The highest BCUT2D eigenvalue weighted by Crippen LogP contribution is 2.23. The Morgan fingerprint density at radius 1 is 1.64 bits per heavy atom. The number of unbranched alkanes of at least 4 members (excludes halogenated alkanes) is 1. The number of ketones is 1. The lowest BCUT2D eigenvalue weighted by Gasteiger charge is -1.93. The molecule has 4 nitrogen and oxygen atoms in total. The Bertz CT molecular complexity index is 346. The Kier molecular flexibility index (Phi) is 3.76. The molecule has 0 unspecified atom stereocenters. The molecular formula is C9H11NO3S. The van der Waals surface area contributed by atoms with Crippen molar-refractivity contribution in [3.63, 3.8) is 0 Å². The van der Waals surface area contributed by atoms with E-state index >= 15 is 0 Å². The van der Waals surface area contributed by atoms with E-state index in [1.54, 1.807) is 5.38 Å². The summed E-state index contributed by atoms with van der Waals surface area (Å²) < 4.78 is 0. The molecule has 0 aromatic carbocycles. The van der Waals surface area contributed by atoms with Crippen LogP contribution in [0.2, 0.25) is 0 Å². The van der Waals surface area contributed by atoms with Crippen LogP contribution >= 0.6 is 11.3 Å². The van der Waals surface area contributed by atoms with Crippen LogP contribution < -0.4 is 0 Å². The molecule has 0 atom stereocenters. The van der Waals surface area contributed by atoms with Crippen LogP contribution in [-0.2, 0) is 0 Å². The molecule has 76 valence electrons. The lowest BCUT2D eigenvalue weighted by atomic mass is 10.1. The van der Waals surface area contributed by atoms with E-state index in [0.717, 1.165) is 24.2 Å². The summed E-state index contributed by atoms with van der Waals surface area (Å²) >= 11 is 1.000. The van der Waals surface area contributed by atoms with Crippen LogP contribution in [0.3, 0.4) is 0 Å². The lowest BCUT2D eigenvalue weighted by molar-refractivity contribution is -0.380. The quantitative estimate of drug-likeness (QED) is 0.429. The van der Waals surface area contributed by atoms with Crippen LogP contribution in [0.15, 0.2) is 11.4 Å². The Hall–Kier alpha value is -1.23. The topological polar surface area (TPSA) is 60.2 Å². The fourth-order valence-electron chi connectivity index (χ4n) is 1.05. The van der Waals surface area contributed by atoms with Crippen molar-refractivity contribution in [1.29, 1.82) is 0 Å². The van der Waals surface area contributed by atoms with Gasteiger partial charge in [0.15, 0.2) is 5.78 Å². The standard InChI is InChI=1S/C9H11NO3S/c1-2-3-4-8(11)7-5-9(10(12)13)14-6-7/h5-6H,2-4H2,1H3. The number of nitrogens with zero attached hydrogens (tertiary/aromatic N) is 1. The van der Waals surface area contributed by atoms with E-state index in [0.29, 0.717) is 12.0 Å². The zero-order valence-electron chi connectivity index (χ0n) is 7.86. The van der Waals surface area contributed by atoms with Crippen molar-refractivity contribution in [3.05, 3.63) is 27.1 Å². The van der Waals surface area contributed by atoms with Crippen molar-refractivity contribution >= 4 is 22.1 Å². The van der Waals surface area contributed by atoms with Crippen LogP contribution in [-0.4, -0.2) is 10.7 Å². The number of hydrogen-bond donors (Lipinski definition) is 0. The second-order valence-corrected chi connectivity index (χ2v) is 3.85. The summed E-state index contributed by atoms with van der Waals surface area (Å²) in [6.45, 7) is 2.00. The van der Waals surface area contributed by atoms with E-state index in [9.17, 15) is 14.9 Å². The van der Waals surface area contributed by atoms with Gasteiger partial charge in [-0.1, -0.05) is 24.7 Å². The predicted octanol–water partition coefficient (Wildman–Crippen LogP) is 3.03. The Balaban J connectivity index is 2.66. The first-order chi connectivity index (χ1) is 6.65. The highest BCUT2D eigenvalue weighted by Gasteiger charge is 2.13. The zero-order valence-corrected chi connectivity index (χ0v) is 8.67. The van der Waals surface area contributed by atoms with Crippen molar-refractivity contribution in [3.8, 4) is 0 Å². The first kappa shape index (κ1) is 10.8. The number of thiophene rings is 1. The first-order valence-electron chi connectivity index (χ1n) is 4.41. The zero-order chi connectivity index (χ0) is 10.6. The monoisotopic (exact) mass is 213 g/mol. The molecule has 0 radical (unpaired) electrons. The number of rotatable bonds is 5. The highest BCUT2D eigenvalue weighted by atomic mass is 32.1. The third-order valence-corrected chi connectivity index (χ3v) is 2.73. The normalized spacial score (nSPS) is 10.1. The molecule has 0 spiro atoms. The second-order valence-electron chi connectivity index (χ2n) is 2.96. The fourth-order valence-corrected chi connectivity index (χ4v) is 1.78. The number of carbonyl (C=O) groups is 1. The molecule has 0 aliphatic carbocycles. The molecule has 1 heterocycles. The SMILES string of the molecule is CCCCC(=O)c1csc([N+](=O)[O-])c1.